The summed E-state index contributed by atoms with van der Waals surface area (Å²) in [5.41, 5.74) is 0. The van der Waals surface area contributed by atoms with E-state index < -0.39 is 0 Å². The largest absolute Gasteiger partial charge is 0.308 e. The Hall–Kier alpha value is -0.370. The predicted molar refractivity (Wildman–Crippen MR) is 35.2 cm³/mol. The van der Waals surface area contributed by atoms with Crippen LogP contribution < -0.4 is 4.90 Å². The molecule has 1 saturated heterocycles. The summed E-state index contributed by atoms with van der Waals surface area (Å²) in [4.78, 5) is 11.9. The predicted octanol–water partition coefficient (Wildman–Crippen LogP) is -0.398. The third-order valence-electron chi connectivity index (χ3n) is 1.95. The van der Waals surface area contributed by atoms with E-state index in [1.54, 1.807) is 6.92 Å². The van der Waals surface area contributed by atoms with Crippen molar-refractivity contribution in [3.05, 3.63) is 0 Å². The molecule has 0 saturated carbocycles. The van der Waals surface area contributed by atoms with Crippen LogP contribution in [0.2, 0.25) is 0 Å². The molecule has 9 heavy (non-hydrogen) atoms. The van der Waals surface area contributed by atoms with Gasteiger partial charge in [-0.25, -0.2) is 4.79 Å². The third-order valence-corrected chi connectivity index (χ3v) is 1.95. The first-order valence-corrected chi connectivity index (χ1v) is 3.66. The Labute approximate surface area is 55.8 Å². The van der Waals surface area contributed by atoms with Crippen molar-refractivity contribution in [2.45, 2.75) is 26.2 Å². The Morgan fingerprint density at radius 3 is 2.11 bits per heavy atom. The second-order valence-corrected chi connectivity index (χ2v) is 2.72. The molecule has 0 aromatic rings. The molecule has 1 heterocycles. The summed E-state index contributed by atoms with van der Waals surface area (Å²) >= 11 is 0. The Bertz CT molecular complexity index is 105. The fourth-order valence-electron chi connectivity index (χ4n) is 1.33. The van der Waals surface area contributed by atoms with Gasteiger partial charge >= 0.3 is 5.91 Å². The summed E-state index contributed by atoms with van der Waals surface area (Å²) in [6.45, 7) is 3.81. The lowest BCUT2D eigenvalue weighted by Crippen LogP contribution is -3.14. The van der Waals surface area contributed by atoms with E-state index in [0.29, 0.717) is 5.91 Å². The van der Waals surface area contributed by atoms with Crippen molar-refractivity contribution in [2.75, 3.05) is 13.1 Å². The van der Waals surface area contributed by atoms with E-state index in [4.69, 9.17) is 0 Å². The zero-order chi connectivity index (χ0) is 6.69. The number of carbonyl (C=O) groups is 1. The average Bonchev–Trinajstić information content (AvgIpc) is 1.90. The molecule has 1 fully saturated rings. The summed E-state index contributed by atoms with van der Waals surface area (Å²) in [5, 5.41) is 0. The molecule has 0 aliphatic carbocycles. The van der Waals surface area contributed by atoms with E-state index in [1.807, 2.05) is 0 Å². The van der Waals surface area contributed by atoms with Gasteiger partial charge in [0.05, 0.1) is 20.0 Å². The lowest BCUT2D eigenvalue weighted by molar-refractivity contribution is -0.825. The summed E-state index contributed by atoms with van der Waals surface area (Å²) in [7, 11) is 0. The number of quaternary nitrogens is 1. The molecule has 0 aromatic carbocycles. The monoisotopic (exact) mass is 128 g/mol. The van der Waals surface area contributed by atoms with E-state index in [9.17, 15) is 4.79 Å². The first-order valence-electron chi connectivity index (χ1n) is 3.66. The number of hydrogen-bond donors (Lipinski definition) is 1. The van der Waals surface area contributed by atoms with E-state index in [-0.39, 0.29) is 0 Å². The van der Waals surface area contributed by atoms with E-state index >= 15 is 0 Å². The molecule has 0 aromatic heterocycles. The number of likely N-dealkylation sites (tertiary alicyclic amines) is 1. The molecule has 0 bridgehead atoms. The maximum atomic E-state index is 10.8. The molecule has 0 atom stereocenters. The summed E-state index contributed by atoms with van der Waals surface area (Å²) in [6.07, 6.45) is 3.78. The van der Waals surface area contributed by atoms with Crippen molar-refractivity contribution < 1.29 is 9.69 Å². The van der Waals surface area contributed by atoms with Gasteiger partial charge in [-0.15, -0.1) is 0 Å². The van der Waals surface area contributed by atoms with Gasteiger partial charge in [0.1, 0.15) is 0 Å². The molecule has 2 nitrogen and oxygen atoms in total. The highest BCUT2D eigenvalue weighted by atomic mass is 16.2. The Morgan fingerprint density at radius 1 is 1.22 bits per heavy atom. The van der Waals surface area contributed by atoms with Crippen molar-refractivity contribution in [3.8, 4) is 0 Å². The highest BCUT2D eigenvalue weighted by molar-refractivity contribution is 5.62. The number of amides is 1. The highest BCUT2D eigenvalue weighted by Crippen LogP contribution is 1.93. The maximum absolute atomic E-state index is 10.8. The molecule has 1 aliphatic rings. The van der Waals surface area contributed by atoms with Crippen molar-refractivity contribution in [2.24, 2.45) is 0 Å². The number of hydrogen-bond acceptors (Lipinski definition) is 1. The number of nitrogens with one attached hydrogen (secondary N) is 1. The van der Waals surface area contributed by atoms with Gasteiger partial charge in [-0.05, 0) is 19.3 Å². The van der Waals surface area contributed by atoms with Gasteiger partial charge in [-0.1, -0.05) is 0 Å². The lowest BCUT2D eigenvalue weighted by atomic mass is 10.1. The summed E-state index contributed by atoms with van der Waals surface area (Å²) in [5.74, 6) is 0.315. The lowest BCUT2D eigenvalue weighted by Gasteiger charge is -2.19. The molecule has 52 valence electrons. The van der Waals surface area contributed by atoms with Crippen LogP contribution >= 0.6 is 0 Å². The fourth-order valence-corrected chi connectivity index (χ4v) is 1.33. The minimum Gasteiger partial charge on any atom is -0.272 e. The number of rotatable bonds is 0. The second-order valence-electron chi connectivity index (χ2n) is 2.72. The Kier molecular flexibility index (Phi) is 2.22. The Balaban J connectivity index is 2.31. The molecular weight excluding hydrogens is 114 g/mol. The van der Waals surface area contributed by atoms with Crippen molar-refractivity contribution >= 4 is 5.91 Å². The van der Waals surface area contributed by atoms with Gasteiger partial charge in [0.25, 0.3) is 0 Å². The molecule has 0 radical (unpaired) electrons. The summed E-state index contributed by atoms with van der Waals surface area (Å²) in [6, 6.07) is 0. The minimum atomic E-state index is 0.315. The van der Waals surface area contributed by atoms with Crippen LogP contribution in [0.1, 0.15) is 26.2 Å². The molecule has 1 N–H and O–H groups in total. The fraction of sp³-hybridized carbons (Fsp3) is 0.857. The molecule has 1 aliphatic heterocycles. The normalized spacial score (nSPS) is 21.9. The van der Waals surface area contributed by atoms with Crippen LogP contribution in [0.3, 0.4) is 0 Å². The smallest absolute Gasteiger partial charge is 0.272 e. The minimum absolute atomic E-state index is 0.315. The van der Waals surface area contributed by atoms with Crippen LogP contribution in [0, 0.1) is 0 Å². The maximum Gasteiger partial charge on any atom is 0.308 e. The summed E-state index contributed by atoms with van der Waals surface area (Å²) < 4.78 is 0. The van der Waals surface area contributed by atoms with E-state index in [2.05, 4.69) is 0 Å². The first kappa shape index (κ1) is 6.75. The molecular formula is C7H14NO+. The molecule has 0 unspecified atom stereocenters. The molecule has 0 spiro atoms. The molecule has 1 rings (SSSR count). The van der Waals surface area contributed by atoms with Gasteiger partial charge in [0, 0.05) is 0 Å². The van der Waals surface area contributed by atoms with Gasteiger partial charge in [-0.3, -0.25) is 4.90 Å². The van der Waals surface area contributed by atoms with Crippen molar-refractivity contribution in [1.29, 1.82) is 0 Å². The van der Waals surface area contributed by atoms with E-state index in [1.165, 1.54) is 24.2 Å². The Morgan fingerprint density at radius 2 is 1.78 bits per heavy atom. The zero-order valence-electron chi connectivity index (χ0n) is 5.94. The van der Waals surface area contributed by atoms with Crippen LogP contribution in [0.25, 0.3) is 0 Å². The van der Waals surface area contributed by atoms with Gasteiger partial charge in [-0.2, -0.15) is 0 Å². The first-order chi connectivity index (χ1) is 4.30. The standard InChI is InChI=1S/C7H13NO/c1-7(9)8-5-3-2-4-6-8/h2-6H2,1H3/p+1. The van der Waals surface area contributed by atoms with Crippen LogP contribution in [0.4, 0.5) is 0 Å². The van der Waals surface area contributed by atoms with Gasteiger partial charge < -0.3 is 0 Å². The average molecular weight is 128 g/mol. The van der Waals surface area contributed by atoms with Crippen LogP contribution in [0.15, 0.2) is 0 Å². The van der Waals surface area contributed by atoms with Gasteiger partial charge in [0.15, 0.2) is 0 Å². The van der Waals surface area contributed by atoms with Crippen LogP contribution in [0.5, 0.6) is 0 Å². The quantitative estimate of drug-likeness (QED) is 0.471. The van der Waals surface area contributed by atoms with E-state index in [0.717, 1.165) is 13.1 Å². The van der Waals surface area contributed by atoms with Crippen molar-refractivity contribution in [1.82, 2.24) is 0 Å². The second kappa shape index (κ2) is 2.97. The molecule has 2 heteroatoms. The van der Waals surface area contributed by atoms with Crippen molar-refractivity contribution in [3.63, 3.8) is 0 Å². The zero-order valence-corrected chi connectivity index (χ0v) is 5.94. The topological polar surface area (TPSA) is 21.5 Å². The molecule has 1 amide bonds. The van der Waals surface area contributed by atoms with Crippen LogP contribution in [-0.4, -0.2) is 19.0 Å². The van der Waals surface area contributed by atoms with Crippen LogP contribution in [-0.2, 0) is 4.79 Å². The number of carbonyl (C=O) groups excluding carboxylic acids is 1. The third kappa shape index (κ3) is 1.79. The highest BCUT2D eigenvalue weighted by Gasteiger charge is 2.16. The SMILES string of the molecule is CC(=O)[NH+]1CCCCC1. The van der Waals surface area contributed by atoms with Gasteiger partial charge in [0.2, 0.25) is 0 Å². The number of piperidine rings is 1.